The van der Waals surface area contributed by atoms with Gasteiger partial charge in [0.1, 0.15) is 10.8 Å². The van der Waals surface area contributed by atoms with E-state index in [0.29, 0.717) is 22.7 Å². The third kappa shape index (κ3) is 4.58. The molecule has 0 atom stereocenters. The fraction of sp³-hybridized carbons (Fsp3) is 0.182. The molecule has 0 saturated carbocycles. The van der Waals surface area contributed by atoms with Gasteiger partial charge in [0.25, 0.3) is 11.8 Å². The molecule has 2 aromatic carbocycles. The quantitative estimate of drug-likeness (QED) is 0.634. The highest BCUT2D eigenvalue weighted by molar-refractivity contribution is 7.16. The first-order valence-electron chi connectivity index (χ1n) is 8.90. The molecule has 0 spiro atoms. The van der Waals surface area contributed by atoms with Gasteiger partial charge in [0.15, 0.2) is 6.61 Å². The summed E-state index contributed by atoms with van der Waals surface area (Å²) in [6, 6.07) is 17.7. The van der Waals surface area contributed by atoms with Crippen molar-refractivity contribution in [3.05, 3.63) is 81.7 Å². The number of thiophene rings is 1. The van der Waals surface area contributed by atoms with Gasteiger partial charge in [0.05, 0.1) is 5.56 Å². The lowest BCUT2D eigenvalue weighted by atomic mass is 10.0. The van der Waals surface area contributed by atoms with Crippen molar-refractivity contribution >= 4 is 28.2 Å². The molecule has 3 rings (SSSR count). The summed E-state index contributed by atoms with van der Waals surface area (Å²) in [5, 5.41) is 3.21. The lowest BCUT2D eigenvalue weighted by molar-refractivity contribution is -0.118. The van der Waals surface area contributed by atoms with Crippen molar-refractivity contribution in [1.82, 2.24) is 0 Å². The van der Waals surface area contributed by atoms with Gasteiger partial charge in [0, 0.05) is 11.3 Å². The Morgan fingerprint density at radius 2 is 1.71 bits per heavy atom. The zero-order chi connectivity index (χ0) is 20.1. The predicted octanol–water partition coefficient (Wildman–Crippen LogP) is 4.07. The van der Waals surface area contributed by atoms with Crippen molar-refractivity contribution in [1.29, 1.82) is 0 Å². The van der Waals surface area contributed by atoms with Crippen LogP contribution in [0.4, 0.5) is 5.00 Å². The molecule has 3 N–H and O–H groups in total. The van der Waals surface area contributed by atoms with Gasteiger partial charge < -0.3 is 15.8 Å². The summed E-state index contributed by atoms with van der Waals surface area (Å²) in [5.41, 5.74) is 8.77. The molecular formula is C22H22N2O3S. The molecule has 1 heterocycles. The number of hydrogen-bond donors (Lipinski definition) is 2. The molecule has 0 aliphatic carbocycles. The Morgan fingerprint density at radius 1 is 1.04 bits per heavy atom. The summed E-state index contributed by atoms with van der Waals surface area (Å²) >= 11 is 1.34. The Hall–Kier alpha value is -3.12. The molecule has 144 valence electrons. The smallest absolute Gasteiger partial charge is 0.262 e. The highest BCUT2D eigenvalue weighted by atomic mass is 32.1. The molecule has 0 aliphatic rings. The summed E-state index contributed by atoms with van der Waals surface area (Å²) in [7, 11) is 0. The van der Waals surface area contributed by atoms with E-state index in [1.54, 1.807) is 0 Å². The maximum Gasteiger partial charge on any atom is 0.262 e. The maximum atomic E-state index is 12.4. The molecule has 3 aromatic rings. The monoisotopic (exact) mass is 394 g/mol. The largest absolute Gasteiger partial charge is 0.483 e. The van der Waals surface area contributed by atoms with Crippen LogP contribution in [0.5, 0.6) is 5.75 Å². The summed E-state index contributed by atoms with van der Waals surface area (Å²) in [4.78, 5) is 25.0. The summed E-state index contributed by atoms with van der Waals surface area (Å²) in [6.45, 7) is 3.55. The fourth-order valence-corrected chi connectivity index (χ4v) is 4.01. The number of ether oxygens (including phenoxy) is 1. The Labute approximate surface area is 168 Å². The Balaban J connectivity index is 1.67. The normalized spacial score (nSPS) is 10.5. The number of benzene rings is 2. The van der Waals surface area contributed by atoms with Crippen LogP contribution in [0.1, 0.15) is 31.9 Å². The van der Waals surface area contributed by atoms with E-state index in [-0.39, 0.29) is 12.5 Å². The van der Waals surface area contributed by atoms with E-state index in [4.69, 9.17) is 10.5 Å². The van der Waals surface area contributed by atoms with Gasteiger partial charge in [-0.1, -0.05) is 48.5 Å². The number of rotatable bonds is 7. The van der Waals surface area contributed by atoms with Crippen LogP contribution in [-0.2, 0) is 11.2 Å². The zero-order valence-corrected chi connectivity index (χ0v) is 16.6. The van der Waals surface area contributed by atoms with E-state index in [2.05, 4.69) is 17.4 Å². The molecule has 0 bridgehead atoms. The van der Waals surface area contributed by atoms with Crippen molar-refractivity contribution in [3.63, 3.8) is 0 Å². The van der Waals surface area contributed by atoms with E-state index in [0.717, 1.165) is 16.0 Å². The number of hydrogen-bond acceptors (Lipinski definition) is 4. The number of anilines is 1. The first-order chi connectivity index (χ1) is 13.5. The number of nitrogens with two attached hydrogens (primary N) is 1. The molecule has 0 unspecified atom stereocenters. The minimum Gasteiger partial charge on any atom is -0.483 e. The highest BCUT2D eigenvalue weighted by Crippen LogP contribution is 2.32. The summed E-state index contributed by atoms with van der Waals surface area (Å²) < 4.78 is 5.76. The Morgan fingerprint density at radius 3 is 2.43 bits per heavy atom. The van der Waals surface area contributed by atoms with Crippen LogP contribution in [0.15, 0.2) is 54.6 Å². The van der Waals surface area contributed by atoms with Gasteiger partial charge in [-0.05, 0) is 36.6 Å². The standard InChI is InChI=1S/C22H22N2O3S/c1-14-15(2)28-22(20(14)21(23)26)24-19(25)13-27-18-11-7-6-10-17(18)12-16-8-4-3-5-9-16/h3-11H,12-13H2,1-2H3,(H2,23,26)(H,24,25). The summed E-state index contributed by atoms with van der Waals surface area (Å²) in [5.74, 6) is -0.222. The summed E-state index contributed by atoms with van der Waals surface area (Å²) in [6.07, 6.45) is 0.716. The van der Waals surface area contributed by atoms with Crippen molar-refractivity contribution in [2.45, 2.75) is 20.3 Å². The predicted molar refractivity (Wildman–Crippen MR) is 112 cm³/mol. The Bertz CT molecular complexity index is 996. The van der Waals surface area contributed by atoms with Crippen LogP contribution in [0.3, 0.4) is 0 Å². The molecule has 28 heavy (non-hydrogen) atoms. The van der Waals surface area contributed by atoms with E-state index in [1.165, 1.54) is 16.9 Å². The van der Waals surface area contributed by atoms with Gasteiger partial charge >= 0.3 is 0 Å². The zero-order valence-electron chi connectivity index (χ0n) is 15.8. The van der Waals surface area contributed by atoms with Gasteiger partial charge in [-0.3, -0.25) is 9.59 Å². The lowest BCUT2D eigenvalue weighted by Crippen LogP contribution is -2.22. The third-order valence-corrected chi connectivity index (χ3v) is 5.58. The molecule has 0 aliphatic heterocycles. The molecule has 5 nitrogen and oxygen atoms in total. The second-order valence-corrected chi connectivity index (χ2v) is 7.68. The SMILES string of the molecule is Cc1sc(NC(=O)COc2ccccc2Cc2ccccc2)c(C(N)=O)c1C. The first-order valence-corrected chi connectivity index (χ1v) is 9.71. The number of amides is 2. The molecule has 6 heteroatoms. The first kappa shape index (κ1) is 19.6. The minimum atomic E-state index is -0.550. The van der Waals surface area contributed by atoms with Crippen LogP contribution >= 0.6 is 11.3 Å². The number of para-hydroxylation sites is 1. The average Bonchev–Trinajstić information content (AvgIpc) is 2.95. The number of primary amides is 1. The van der Waals surface area contributed by atoms with Gasteiger partial charge in [-0.2, -0.15) is 0 Å². The highest BCUT2D eigenvalue weighted by Gasteiger charge is 2.19. The lowest BCUT2D eigenvalue weighted by Gasteiger charge is -2.12. The molecule has 0 fully saturated rings. The van der Waals surface area contributed by atoms with E-state index < -0.39 is 5.91 Å². The second-order valence-electron chi connectivity index (χ2n) is 6.46. The maximum absolute atomic E-state index is 12.4. The van der Waals surface area contributed by atoms with Gasteiger partial charge in [0.2, 0.25) is 0 Å². The third-order valence-electron chi connectivity index (χ3n) is 4.45. The van der Waals surface area contributed by atoms with Gasteiger partial charge in [-0.15, -0.1) is 11.3 Å². The molecule has 0 radical (unpaired) electrons. The number of nitrogens with one attached hydrogen (secondary N) is 1. The molecule has 2 amide bonds. The van der Waals surface area contributed by atoms with Crippen LogP contribution < -0.4 is 15.8 Å². The number of carbonyl (C=O) groups excluding carboxylic acids is 2. The number of carbonyl (C=O) groups is 2. The minimum absolute atomic E-state index is 0.153. The second kappa shape index (κ2) is 8.71. The topological polar surface area (TPSA) is 81.4 Å². The van der Waals surface area contributed by atoms with E-state index >= 15 is 0 Å². The molecule has 0 saturated heterocycles. The van der Waals surface area contributed by atoms with E-state index in [1.807, 2.05) is 56.3 Å². The van der Waals surface area contributed by atoms with Crippen LogP contribution in [-0.4, -0.2) is 18.4 Å². The van der Waals surface area contributed by atoms with Crippen LogP contribution in [0, 0.1) is 13.8 Å². The number of aryl methyl sites for hydroxylation is 1. The molecule has 1 aromatic heterocycles. The van der Waals surface area contributed by atoms with Crippen molar-refractivity contribution in [2.75, 3.05) is 11.9 Å². The van der Waals surface area contributed by atoms with Crippen molar-refractivity contribution in [3.8, 4) is 5.75 Å². The molecular weight excluding hydrogens is 372 g/mol. The van der Waals surface area contributed by atoms with Crippen molar-refractivity contribution < 1.29 is 14.3 Å². The fourth-order valence-electron chi connectivity index (χ4n) is 2.92. The van der Waals surface area contributed by atoms with Crippen LogP contribution in [0.25, 0.3) is 0 Å². The average molecular weight is 394 g/mol. The Kier molecular flexibility index (Phi) is 6.11. The van der Waals surface area contributed by atoms with E-state index in [9.17, 15) is 9.59 Å². The van der Waals surface area contributed by atoms with Crippen molar-refractivity contribution in [2.24, 2.45) is 5.73 Å². The van der Waals surface area contributed by atoms with Gasteiger partial charge in [-0.25, -0.2) is 0 Å². The van der Waals surface area contributed by atoms with Crippen LogP contribution in [0.2, 0.25) is 0 Å².